The summed E-state index contributed by atoms with van der Waals surface area (Å²) >= 11 is 2.90. The van der Waals surface area contributed by atoms with E-state index in [0.717, 1.165) is 33.8 Å². The summed E-state index contributed by atoms with van der Waals surface area (Å²) < 4.78 is 8.58. The van der Waals surface area contributed by atoms with Gasteiger partial charge in [0.05, 0.1) is 11.1 Å². The average Bonchev–Trinajstić information content (AvgIpc) is 3.34. The molecule has 4 rings (SSSR count). The standard InChI is InChI=1S/C21H24N4O2S2/c1-28-21-22-20(26)19(29-21)11-15-7-9-18(10-8-15)27-14-17-13-25(24-23-17)12-16-5-3-2-4-6-16/h7-11,13,16H,2-6,12,14H2,1H3. The summed E-state index contributed by atoms with van der Waals surface area (Å²) in [5.41, 5.74) is 1.78. The molecule has 2 heterocycles. The van der Waals surface area contributed by atoms with Gasteiger partial charge in [-0.2, -0.15) is 4.99 Å². The van der Waals surface area contributed by atoms with E-state index < -0.39 is 0 Å². The molecule has 0 bridgehead atoms. The number of thioether (sulfide) groups is 2. The SMILES string of the molecule is CSC1=NC(=O)C(=Cc2ccc(OCc3cn(CC4CCCCC4)nn3)cc2)S1. The molecule has 0 atom stereocenters. The highest BCUT2D eigenvalue weighted by Gasteiger charge is 2.21. The van der Waals surface area contributed by atoms with Gasteiger partial charge >= 0.3 is 0 Å². The number of benzene rings is 1. The summed E-state index contributed by atoms with van der Waals surface area (Å²) in [6.45, 7) is 1.35. The number of aliphatic imine (C=N–C) groups is 1. The van der Waals surface area contributed by atoms with Gasteiger partial charge < -0.3 is 4.74 Å². The second-order valence-corrected chi connectivity index (χ2v) is 9.38. The molecule has 1 aliphatic heterocycles. The van der Waals surface area contributed by atoms with Gasteiger partial charge in [-0.05, 0) is 48.8 Å². The van der Waals surface area contributed by atoms with Crippen molar-refractivity contribution in [3.63, 3.8) is 0 Å². The van der Waals surface area contributed by atoms with Crippen LogP contribution in [0.25, 0.3) is 6.08 Å². The van der Waals surface area contributed by atoms with Crippen LogP contribution in [0.5, 0.6) is 5.75 Å². The van der Waals surface area contributed by atoms with Gasteiger partial charge in [0.15, 0.2) is 0 Å². The molecule has 1 fully saturated rings. The van der Waals surface area contributed by atoms with E-state index in [-0.39, 0.29) is 5.91 Å². The number of hydrogen-bond donors (Lipinski definition) is 0. The molecule has 2 aromatic rings. The maximum absolute atomic E-state index is 11.9. The van der Waals surface area contributed by atoms with E-state index in [9.17, 15) is 4.79 Å². The number of rotatable bonds is 6. The first kappa shape index (κ1) is 20.2. The number of nitrogens with zero attached hydrogens (tertiary/aromatic N) is 4. The van der Waals surface area contributed by atoms with Crippen LogP contribution in [0.3, 0.4) is 0 Å². The van der Waals surface area contributed by atoms with Crippen molar-refractivity contribution in [3.05, 3.63) is 46.6 Å². The zero-order valence-corrected chi connectivity index (χ0v) is 18.0. The Morgan fingerprint density at radius 1 is 1.24 bits per heavy atom. The minimum Gasteiger partial charge on any atom is -0.487 e. The van der Waals surface area contributed by atoms with Crippen molar-refractivity contribution >= 4 is 39.9 Å². The molecule has 2 aliphatic rings. The Bertz CT molecular complexity index is 915. The van der Waals surface area contributed by atoms with Crippen molar-refractivity contribution in [1.82, 2.24) is 15.0 Å². The van der Waals surface area contributed by atoms with Crippen LogP contribution in [-0.4, -0.2) is 31.5 Å². The van der Waals surface area contributed by atoms with Crippen molar-refractivity contribution < 1.29 is 9.53 Å². The topological polar surface area (TPSA) is 69.4 Å². The molecule has 6 nitrogen and oxygen atoms in total. The Morgan fingerprint density at radius 2 is 2.03 bits per heavy atom. The van der Waals surface area contributed by atoms with Crippen LogP contribution in [0.4, 0.5) is 0 Å². The number of carbonyl (C=O) groups excluding carboxylic acids is 1. The van der Waals surface area contributed by atoms with Gasteiger partial charge in [-0.15, -0.1) is 16.9 Å². The lowest BCUT2D eigenvalue weighted by atomic mass is 9.89. The summed E-state index contributed by atoms with van der Waals surface area (Å²) in [7, 11) is 0. The van der Waals surface area contributed by atoms with E-state index >= 15 is 0 Å². The Balaban J connectivity index is 1.29. The third kappa shape index (κ3) is 5.51. The predicted molar refractivity (Wildman–Crippen MR) is 119 cm³/mol. The van der Waals surface area contributed by atoms with Crippen molar-refractivity contribution in [2.24, 2.45) is 10.9 Å². The highest BCUT2D eigenvalue weighted by molar-refractivity contribution is 8.40. The van der Waals surface area contributed by atoms with Crippen LogP contribution in [0, 0.1) is 5.92 Å². The zero-order valence-electron chi connectivity index (χ0n) is 16.4. The minimum atomic E-state index is -0.170. The average molecular weight is 429 g/mol. The Hall–Kier alpha value is -2.06. The highest BCUT2D eigenvalue weighted by Crippen LogP contribution is 2.32. The largest absolute Gasteiger partial charge is 0.487 e. The van der Waals surface area contributed by atoms with Crippen molar-refractivity contribution in [3.8, 4) is 5.75 Å². The first-order valence-corrected chi connectivity index (χ1v) is 11.9. The fourth-order valence-electron chi connectivity index (χ4n) is 3.57. The van der Waals surface area contributed by atoms with Gasteiger partial charge in [-0.25, -0.2) is 0 Å². The molecule has 1 amide bonds. The fraction of sp³-hybridized carbons (Fsp3) is 0.429. The molecule has 8 heteroatoms. The van der Waals surface area contributed by atoms with Crippen LogP contribution in [0.2, 0.25) is 0 Å². The molecule has 0 unspecified atom stereocenters. The molecule has 1 aliphatic carbocycles. The first-order chi connectivity index (χ1) is 14.2. The second-order valence-electron chi connectivity index (χ2n) is 7.29. The third-order valence-corrected chi connectivity index (χ3v) is 7.07. The van der Waals surface area contributed by atoms with Crippen LogP contribution < -0.4 is 4.74 Å². The molecule has 0 spiro atoms. The molecule has 0 radical (unpaired) electrons. The molecular formula is C21H24N4O2S2. The molecule has 1 aromatic carbocycles. The maximum Gasteiger partial charge on any atom is 0.285 e. The molecule has 1 aromatic heterocycles. The third-order valence-electron chi connectivity index (χ3n) is 5.10. The van der Waals surface area contributed by atoms with Crippen LogP contribution in [-0.2, 0) is 17.9 Å². The van der Waals surface area contributed by atoms with E-state index in [2.05, 4.69) is 15.3 Å². The number of aromatic nitrogens is 3. The van der Waals surface area contributed by atoms with Crippen LogP contribution >= 0.6 is 23.5 Å². The molecule has 152 valence electrons. The van der Waals surface area contributed by atoms with Gasteiger partial charge in [-0.1, -0.05) is 48.4 Å². The summed E-state index contributed by atoms with van der Waals surface area (Å²) in [5, 5.41) is 8.48. The normalized spacial score (nSPS) is 19.0. The Labute approximate surface area is 179 Å². The van der Waals surface area contributed by atoms with Gasteiger partial charge in [0.25, 0.3) is 5.91 Å². The van der Waals surface area contributed by atoms with Gasteiger partial charge in [0.1, 0.15) is 22.4 Å². The lowest BCUT2D eigenvalue weighted by molar-refractivity contribution is -0.113. The molecule has 0 N–H and O–H groups in total. The van der Waals surface area contributed by atoms with Crippen molar-refractivity contribution in [1.29, 1.82) is 0 Å². The lowest BCUT2D eigenvalue weighted by Crippen LogP contribution is -2.14. The number of hydrogen-bond acceptors (Lipinski definition) is 6. The number of amides is 1. The van der Waals surface area contributed by atoms with Crippen molar-refractivity contribution in [2.75, 3.05) is 6.26 Å². The van der Waals surface area contributed by atoms with E-state index in [1.165, 1.54) is 55.6 Å². The van der Waals surface area contributed by atoms with Gasteiger partial charge in [-0.3, -0.25) is 9.48 Å². The van der Waals surface area contributed by atoms with E-state index in [4.69, 9.17) is 4.74 Å². The predicted octanol–water partition coefficient (Wildman–Crippen LogP) is 4.77. The fourth-order valence-corrected chi connectivity index (χ4v) is 5.00. The van der Waals surface area contributed by atoms with Gasteiger partial charge in [0.2, 0.25) is 0 Å². The quantitative estimate of drug-likeness (QED) is 0.617. The Kier molecular flexibility index (Phi) is 6.71. The second kappa shape index (κ2) is 9.63. The van der Waals surface area contributed by atoms with Crippen LogP contribution in [0.1, 0.15) is 43.4 Å². The lowest BCUT2D eigenvalue weighted by Gasteiger charge is -2.20. The summed E-state index contributed by atoms with van der Waals surface area (Å²) in [6, 6.07) is 7.68. The molecular weight excluding hydrogens is 404 g/mol. The van der Waals surface area contributed by atoms with Gasteiger partial charge in [0, 0.05) is 6.54 Å². The number of carbonyl (C=O) groups is 1. The van der Waals surface area contributed by atoms with E-state index in [0.29, 0.717) is 11.5 Å². The molecule has 0 saturated heterocycles. The van der Waals surface area contributed by atoms with E-state index in [1.807, 2.05) is 47.5 Å². The van der Waals surface area contributed by atoms with E-state index in [1.54, 1.807) is 0 Å². The highest BCUT2D eigenvalue weighted by atomic mass is 32.2. The van der Waals surface area contributed by atoms with Crippen molar-refractivity contribution in [2.45, 2.75) is 45.3 Å². The number of ether oxygens (including phenoxy) is 1. The van der Waals surface area contributed by atoms with Crippen LogP contribution in [0.15, 0.2) is 40.4 Å². The minimum absolute atomic E-state index is 0.170. The maximum atomic E-state index is 11.9. The summed E-state index contributed by atoms with van der Waals surface area (Å²) in [6.07, 6.45) is 12.4. The summed E-state index contributed by atoms with van der Waals surface area (Å²) in [4.78, 5) is 16.5. The molecule has 29 heavy (non-hydrogen) atoms. The monoisotopic (exact) mass is 428 g/mol. The first-order valence-electron chi connectivity index (χ1n) is 9.88. The summed E-state index contributed by atoms with van der Waals surface area (Å²) in [5.74, 6) is 1.32. The smallest absolute Gasteiger partial charge is 0.285 e. The Morgan fingerprint density at radius 3 is 2.76 bits per heavy atom. The molecule has 1 saturated carbocycles. The zero-order chi connectivity index (χ0) is 20.1.